The summed E-state index contributed by atoms with van der Waals surface area (Å²) in [7, 11) is 0. The standard InChI is InChI=1S/C17H27FN2O/c1-3-19-17(2,13-21)9-4-5-10-20-11-8-14-6-7-15(18)12-16(14)20/h6-7,12,19,21H,3-5,8-11,13H2,1-2H3. The molecular weight excluding hydrogens is 267 g/mol. The number of nitrogens with zero attached hydrogens (tertiary/aromatic N) is 1. The van der Waals surface area contributed by atoms with Gasteiger partial charge in [0.2, 0.25) is 0 Å². The molecule has 0 spiro atoms. The molecule has 1 aromatic carbocycles. The highest BCUT2D eigenvalue weighted by Gasteiger charge is 2.22. The second kappa shape index (κ2) is 7.23. The van der Waals surface area contributed by atoms with E-state index >= 15 is 0 Å². The lowest BCUT2D eigenvalue weighted by atomic mass is 9.95. The van der Waals surface area contributed by atoms with Crippen LogP contribution >= 0.6 is 0 Å². The van der Waals surface area contributed by atoms with Gasteiger partial charge >= 0.3 is 0 Å². The van der Waals surface area contributed by atoms with Crippen LogP contribution in [0.1, 0.15) is 38.7 Å². The van der Waals surface area contributed by atoms with Gasteiger partial charge in [0, 0.05) is 24.3 Å². The third kappa shape index (κ3) is 4.17. The van der Waals surface area contributed by atoms with E-state index in [0.717, 1.165) is 51.0 Å². The highest BCUT2D eigenvalue weighted by atomic mass is 19.1. The van der Waals surface area contributed by atoms with E-state index in [-0.39, 0.29) is 18.0 Å². The molecule has 1 aromatic rings. The predicted octanol–water partition coefficient (Wildman–Crippen LogP) is 2.72. The first kappa shape index (κ1) is 16.2. The number of likely N-dealkylation sites (N-methyl/N-ethyl adjacent to an activating group) is 1. The molecule has 2 N–H and O–H groups in total. The van der Waals surface area contributed by atoms with Crippen molar-refractivity contribution in [1.29, 1.82) is 0 Å². The van der Waals surface area contributed by atoms with Crippen LogP contribution < -0.4 is 10.2 Å². The van der Waals surface area contributed by atoms with Crippen molar-refractivity contribution < 1.29 is 9.50 Å². The molecular formula is C17H27FN2O. The molecule has 1 atom stereocenters. The van der Waals surface area contributed by atoms with Gasteiger partial charge < -0.3 is 15.3 Å². The van der Waals surface area contributed by atoms with E-state index < -0.39 is 0 Å². The summed E-state index contributed by atoms with van der Waals surface area (Å²) in [5, 5.41) is 12.8. The number of hydrogen-bond donors (Lipinski definition) is 2. The fourth-order valence-electron chi connectivity index (χ4n) is 3.12. The van der Waals surface area contributed by atoms with Gasteiger partial charge in [0.15, 0.2) is 0 Å². The van der Waals surface area contributed by atoms with Gasteiger partial charge in [0.1, 0.15) is 5.82 Å². The van der Waals surface area contributed by atoms with Crippen LogP contribution in [0, 0.1) is 5.82 Å². The normalized spacial score (nSPS) is 16.9. The molecule has 0 bridgehead atoms. The third-order valence-electron chi connectivity index (χ3n) is 4.40. The van der Waals surface area contributed by atoms with Gasteiger partial charge in [-0.2, -0.15) is 0 Å². The number of unbranched alkanes of at least 4 members (excludes halogenated alkanes) is 1. The predicted molar refractivity (Wildman–Crippen MR) is 85.3 cm³/mol. The molecule has 2 rings (SSSR count). The second-order valence-electron chi connectivity index (χ2n) is 6.22. The number of fused-ring (bicyclic) bond motifs is 1. The zero-order valence-corrected chi connectivity index (χ0v) is 13.2. The first-order chi connectivity index (χ1) is 10.1. The van der Waals surface area contributed by atoms with E-state index in [0.29, 0.717) is 0 Å². The molecule has 4 heteroatoms. The minimum absolute atomic E-state index is 0.152. The first-order valence-corrected chi connectivity index (χ1v) is 7.97. The van der Waals surface area contributed by atoms with Crippen LogP contribution in [-0.2, 0) is 6.42 Å². The number of halogens is 1. The monoisotopic (exact) mass is 294 g/mol. The Morgan fingerprint density at radius 1 is 1.38 bits per heavy atom. The Kier molecular flexibility index (Phi) is 5.59. The maximum Gasteiger partial charge on any atom is 0.125 e. The zero-order valence-electron chi connectivity index (χ0n) is 13.2. The van der Waals surface area contributed by atoms with Crippen molar-refractivity contribution in [3.63, 3.8) is 0 Å². The number of anilines is 1. The second-order valence-corrected chi connectivity index (χ2v) is 6.22. The fourth-order valence-corrected chi connectivity index (χ4v) is 3.12. The number of rotatable bonds is 8. The minimum atomic E-state index is -0.177. The van der Waals surface area contributed by atoms with Crippen molar-refractivity contribution in [3.05, 3.63) is 29.6 Å². The molecule has 1 aliphatic heterocycles. The third-order valence-corrected chi connectivity index (χ3v) is 4.40. The molecule has 1 heterocycles. The number of aliphatic hydroxyl groups is 1. The summed E-state index contributed by atoms with van der Waals surface area (Å²) in [5.74, 6) is -0.152. The van der Waals surface area contributed by atoms with Crippen LogP contribution in [0.2, 0.25) is 0 Å². The van der Waals surface area contributed by atoms with Crippen molar-refractivity contribution >= 4 is 5.69 Å². The van der Waals surface area contributed by atoms with Gasteiger partial charge in [-0.05, 0) is 56.8 Å². The molecule has 118 valence electrons. The first-order valence-electron chi connectivity index (χ1n) is 7.97. The summed E-state index contributed by atoms with van der Waals surface area (Å²) in [6.07, 6.45) is 4.10. The summed E-state index contributed by atoms with van der Waals surface area (Å²) in [6.45, 7) is 7.11. The minimum Gasteiger partial charge on any atom is -0.394 e. The average molecular weight is 294 g/mol. The quantitative estimate of drug-likeness (QED) is 0.724. The number of aliphatic hydroxyl groups excluding tert-OH is 1. The van der Waals surface area contributed by atoms with Crippen molar-refractivity contribution in [2.24, 2.45) is 0 Å². The molecule has 21 heavy (non-hydrogen) atoms. The van der Waals surface area contributed by atoms with E-state index in [1.165, 1.54) is 5.56 Å². The molecule has 0 fully saturated rings. The van der Waals surface area contributed by atoms with Crippen LogP contribution in [0.4, 0.5) is 10.1 Å². The van der Waals surface area contributed by atoms with Gasteiger partial charge in [0.05, 0.1) is 6.61 Å². The average Bonchev–Trinajstić information content (AvgIpc) is 2.86. The Labute approximate surface area is 127 Å². The van der Waals surface area contributed by atoms with E-state index in [1.807, 2.05) is 6.07 Å². The Morgan fingerprint density at radius 2 is 2.19 bits per heavy atom. The van der Waals surface area contributed by atoms with Crippen molar-refractivity contribution in [1.82, 2.24) is 5.32 Å². The lowest BCUT2D eigenvalue weighted by Gasteiger charge is -2.29. The van der Waals surface area contributed by atoms with Gasteiger partial charge in [-0.25, -0.2) is 4.39 Å². The molecule has 3 nitrogen and oxygen atoms in total. The molecule has 0 radical (unpaired) electrons. The van der Waals surface area contributed by atoms with Crippen LogP contribution in [0.15, 0.2) is 18.2 Å². The number of nitrogens with one attached hydrogen (secondary N) is 1. The van der Waals surface area contributed by atoms with Gasteiger partial charge in [0.25, 0.3) is 0 Å². The van der Waals surface area contributed by atoms with Gasteiger partial charge in [-0.3, -0.25) is 0 Å². The topological polar surface area (TPSA) is 35.5 Å². The largest absolute Gasteiger partial charge is 0.394 e. The van der Waals surface area contributed by atoms with Crippen molar-refractivity contribution in [2.75, 3.05) is 31.1 Å². The molecule has 0 saturated heterocycles. The highest BCUT2D eigenvalue weighted by molar-refractivity contribution is 5.58. The van der Waals surface area contributed by atoms with E-state index in [1.54, 1.807) is 12.1 Å². The molecule has 1 unspecified atom stereocenters. The van der Waals surface area contributed by atoms with Gasteiger partial charge in [-0.1, -0.05) is 13.0 Å². The lowest BCUT2D eigenvalue weighted by molar-refractivity contribution is 0.165. The maximum absolute atomic E-state index is 13.3. The van der Waals surface area contributed by atoms with E-state index in [2.05, 4.69) is 24.1 Å². The SMILES string of the molecule is CCNC(C)(CO)CCCCN1CCc2ccc(F)cc21. The number of benzene rings is 1. The van der Waals surface area contributed by atoms with Crippen LogP contribution in [0.25, 0.3) is 0 Å². The smallest absolute Gasteiger partial charge is 0.125 e. The van der Waals surface area contributed by atoms with Crippen molar-refractivity contribution in [3.8, 4) is 0 Å². The lowest BCUT2D eigenvalue weighted by Crippen LogP contribution is -2.45. The molecule has 0 amide bonds. The molecule has 1 aliphatic rings. The summed E-state index contributed by atoms with van der Waals surface area (Å²) in [5.41, 5.74) is 2.14. The van der Waals surface area contributed by atoms with Crippen LogP contribution in [0.3, 0.4) is 0 Å². The summed E-state index contributed by atoms with van der Waals surface area (Å²) >= 11 is 0. The Hall–Kier alpha value is -1.13. The van der Waals surface area contributed by atoms with Gasteiger partial charge in [-0.15, -0.1) is 0 Å². The zero-order chi connectivity index (χ0) is 15.3. The fraction of sp³-hybridized carbons (Fsp3) is 0.647. The van der Waals surface area contributed by atoms with Crippen LogP contribution in [0.5, 0.6) is 0 Å². The molecule has 0 saturated carbocycles. The molecule has 0 aliphatic carbocycles. The van der Waals surface area contributed by atoms with Crippen molar-refractivity contribution in [2.45, 2.75) is 45.1 Å². The summed E-state index contributed by atoms with van der Waals surface area (Å²) in [6, 6.07) is 5.10. The summed E-state index contributed by atoms with van der Waals surface area (Å²) in [4.78, 5) is 2.28. The molecule has 0 aromatic heterocycles. The Bertz CT molecular complexity index is 466. The van der Waals surface area contributed by atoms with Crippen LogP contribution in [-0.4, -0.2) is 36.9 Å². The highest BCUT2D eigenvalue weighted by Crippen LogP contribution is 2.29. The Balaban J connectivity index is 1.79. The Morgan fingerprint density at radius 3 is 2.90 bits per heavy atom. The maximum atomic E-state index is 13.3. The number of hydrogen-bond acceptors (Lipinski definition) is 3. The summed E-state index contributed by atoms with van der Waals surface area (Å²) < 4.78 is 13.3. The van der Waals surface area contributed by atoms with E-state index in [9.17, 15) is 9.50 Å². The van der Waals surface area contributed by atoms with E-state index in [4.69, 9.17) is 0 Å².